The first-order chi connectivity index (χ1) is 8.99. The Labute approximate surface area is 121 Å². The van der Waals surface area contributed by atoms with E-state index in [1.165, 1.54) is 30.3 Å². The van der Waals surface area contributed by atoms with Crippen LogP contribution < -0.4 is 4.74 Å². The summed E-state index contributed by atoms with van der Waals surface area (Å²) < 4.78 is 19.0. The van der Waals surface area contributed by atoms with Crippen LogP contribution >= 0.6 is 27.5 Å². The number of benzene rings is 2. The standard InChI is InChI=1S/C12H6BrClFNO3/c13-8-5-4-7(15)6-11(8)19-12-9(14)2-1-3-10(12)16(17)18/h1-6H. The van der Waals surface area contributed by atoms with Crippen LogP contribution in [0.4, 0.5) is 10.1 Å². The zero-order valence-corrected chi connectivity index (χ0v) is 11.6. The van der Waals surface area contributed by atoms with Crippen molar-refractivity contribution in [2.45, 2.75) is 0 Å². The minimum atomic E-state index is -0.617. The van der Waals surface area contributed by atoms with Gasteiger partial charge in [0, 0.05) is 12.1 Å². The first kappa shape index (κ1) is 13.8. The largest absolute Gasteiger partial charge is 0.447 e. The molecule has 0 amide bonds. The van der Waals surface area contributed by atoms with Crippen molar-refractivity contribution in [2.24, 2.45) is 0 Å². The minimum absolute atomic E-state index is 0.0744. The molecule has 7 heteroatoms. The normalized spacial score (nSPS) is 10.3. The summed E-state index contributed by atoms with van der Waals surface area (Å²) >= 11 is 9.05. The van der Waals surface area contributed by atoms with Crippen LogP contribution in [-0.4, -0.2) is 4.92 Å². The van der Waals surface area contributed by atoms with Crippen molar-refractivity contribution in [1.29, 1.82) is 0 Å². The summed E-state index contributed by atoms with van der Waals surface area (Å²) in [7, 11) is 0. The maximum Gasteiger partial charge on any atom is 0.313 e. The molecule has 2 rings (SSSR count). The lowest BCUT2D eigenvalue weighted by molar-refractivity contribution is -0.385. The second-order valence-corrected chi connectivity index (χ2v) is 4.78. The maximum atomic E-state index is 13.1. The molecule has 2 aromatic rings. The van der Waals surface area contributed by atoms with E-state index in [2.05, 4.69) is 15.9 Å². The van der Waals surface area contributed by atoms with E-state index < -0.39 is 10.7 Å². The lowest BCUT2D eigenvalue weighted by Crippen LogP contribution is -1.95. The van der Waals surface area contributed by atoms with Crippen LogP contribution in [0, 0.1) is 15.9 Å². The minimum Gasteiger partial charge on any atom is -0.447 e. The molecule has 4 nitrogen and oxygen atoms in total. The fraction of sp³-hybridized carbons (Fsp3) is 0. The molecule has 0 radical (unpaired) electrons. The Hall–Kier alpha value is -1.66. The molecule has 0 aliphatic rings. The lowest BCUT2D eigenvalue weighted by Gasteiger charge is -2.09. The molecule has 0 atom stereocenters. The van der Waals surface area contributed by atoms with Gasteiger partial charge in [0.25, 0.3) is 0 Å². The zero-order chi connectivity index (χ0) is 14.0. The van der Waals surface area contributed by atoms with Crippen molar-refractivity contribution < 1.29 is 14.1 Å². The molecule has 0 aliphatic carbocycles. The van der Waals surface area contributed by atoms with E-state index in [-0.39, 0.29) is 22.2 Å². The molecule has 98 valence electrons. The van der Waals surface area contributed by atoms with E-state index in [0.29, 0.717) is 4.47 Å². The maximum absolute atomic E-state index is 13.1. The van der Waals surface area contributed by atoms with E-state index in [1.807, 2.05) is 0 Å². The van der Waals surface area contributed by atoms with Gasteiger partial charge in [-0.05, 0) is 34.1 Å². The SMILES string of the molecule is O=[N+]([O-])c1cccc(Cl)c1Oc1cc(F)ccc1Br. The number of para-hydroxylation sites is 1. The molecule has 2 aromatic carbocycles. The van der Waals surface area contributed by atoms with Gasteiger partial charge in [0.1, 0.15) is 11.6 Å². The first-order valence-corrected chi connectivity index (χ1v) is 6.22. The third-order valence-electron chi connectivity index (χ3n) is 2.25. The van der Waals surface area contributed by atoms with Crippen LogP contribution in [0.1, 0.15) is 0 Å². The van der Waals surface area contributed by atoms with Gasteiger partial charge in [-0.15, -0.1) is 0 Å². The summed E-state index contributed by atoms with van der Waals surface area (Å²) in [6, 6.07) is 7.93. The summed E-state index contributed by atoms with van der Waals surface area (Å²) in [5, 5.41) is 11.0. The van der Waals surface area contributed by atoms with E-state index in [4.69, 9.17) is 16.3 Å². The van der Waals surface area contributed by atoms with Crippen molar-refractivity contribution in [3.63, 3.8) is 0 Å². The molecular formula is C12H6BrClFNO3. The Kier molecular flexibility index (Phi) is 4.01. The quantitative estimate of drug-likeness (QED) is 0.584. The van der Waals surface area contributed by atoms with Gasteiger partial charge >= 0.3 is 5.69 Å². The molecule has 0 fully saturated rings. The Morgan fingerprint density at radius 2 is 2.05 bits per heavy atom. The molecule has 0 spiro atoms. The highest BCUT2D eigenvalue weighted by Crippen LogP contribution is 2.40. The number of ether oxygens (including phenoxy) is 1. The summed E-state index contributed by atoms with van der Waals surface area (Å²) in [5.41, 5.74) is -0.288. The zero-order valence-electron chi connectivity index (χ0n) is 9.27. The van der Waals surface area contributed by atoms with Crippen LogP contribution in [-0.2, 0) is 0 Å². The highest BCUT2D eigenvalue weighted by molar-refractivity contribution is 9.10. The average Bonchev–Trinajstić information content (AvgIpc) is 2.35. The summed E-state index contributed by atoms with van der Waals surface area (Å²) in [6.07, 6.45) is 0. The predicted molar refractivity (Wildman–Crippen MR) is 72.3 cm³/mol. The highest BCUT2D eigenvalue weighted by Gasteiger charge is 2.20. The van der Waals surface area contributed by atoms with E-state index >= 15 is 0 Å². The van der Waals surface area contributed by atoms with Gasteiger partial charge in [-0.2, -0.15) is 0 Å². The van der Waals surface area contributed by atoms with Crippen molar-refractivity contribution in [1.82, 2.24) is 0 Å². The number of nitro groups is 1. The van der Waals surface area contributed by atoms with Gasteiger partial charge in [0.05, 0.1) is 14.4 Å². The van der Waals surface area contributed by atoms with Crippen molar-refractivity contribution >= 4 is 33.2 Å². The topological polar surface area (TPSA) is 52.4 Å². The summed E-state index contributed by atoms with van der Waals surface area (Å²) in [5.74, 6) is -0.537. The van der Waals surface area contributed by atoms with Gasteiger partial charge in [-0.3, -0.25) is 10.1 Å². The van der Waals surface area contributed by atoms with E-state index in [1.54, 1.807) is 0 Å². The molecule has 0 bridgehead atoms. The Balaban J connectivity index is 2.49. The number of nitro benzene ring substituents is 1. The molecule has 0 heterocycles. The Morgan fingerprint density at radius 3 is 2.74 bits per heavy atom. The van der Waals surface area contributed by atoms with Gasteiger partial charge in [-0.1, -0.05) is 17.7 Å². The van der Waals surface area contributed by atoms with Crippen molar-refractivity contribution in [3.8, 4) is 11.5 Å². The van der Waals surface area contributed by atoms with Crippen LogP contribution in [0.3, 0.4) is 0 Å². The third-order valence-corrected chi connectivity index (χ3v) is 3.20. The third kappa shape index (κ3) is 3.02. The van der Waals surface area contributed by atoms with Gasteiger partial charge in [0.2, 0.25) is 5.75 Å². The first-order valence-electron chi connectivity index (χ1n) is 5.05. The van der Waals surface area contributed by atoms with Gasteiger partial charge in [0.15, 0.2) is 0 Å². The second kappa shape index (κ2) is 5.54. The lowest BCUT2D eigenvalue weighted by atomic mass is 10.3. The fourth-order valence-electron chi connectivity index (χ4n) is 1.41. The molecule has 0 saturated heterocycles. The van der Waals surface area contributed by atoms with Crippen LogP contribution in [0.25, 0.3) is 0 Å². The van der Waals surface area contributed by atoms with Crippen LogP contribution in [0.15, 0.2) is 40.9 Å². The molecule has 0 saturated carbocycles. The van der Waals surface area contributed by atoms with Crippen molar-refractivity contribution in [2.75, 3.05) is 0 Å². The Morgan fingerprint density at radius 1 is 1.32 bits per heavy atom. The molecule has 19 heavy (non-hydrogen) atoms. The molecule has 0 unspecified atom stereocenters. The number of hydrogen-bond acceptors (Lipinski definition) is 3. The van der Waals surface area contributed by atoms with Crippen LogP contribution in [0.2, 0.25) is 5.02 Å². The number of nitrogens with zero attached hydrogens (tertiary/aromatic N) is 1. The molecule has 0 aliphatic heterocycles. The second-order valence-electron chi connectivity index (χ2n) is 3.52. The fourth-order valence-corrected chi connectivity index (χ4v) is 1.94. The van der Waals surface area contributed by atoms with Gasteiger partial charge < -0.3 is 4.74 Å². The predicted octanol–water partition coefficient (Wildman–Crippen LogP) is 4.94. The average molecular weight is 347 g/mol. The smallest absolute Gasteiger partial charge is 0.313 e. The van der Waals surface area contributed by atoms with Crippen LogP contribution in [0.5, 0.6) is 11.5 Å². The van der Waals surface area contributed by atoms with Crippen molar-refractivity contribution in [3.05, 3.63) is 61.8 Å². The molecule has 0 N–H and O–H groups in total. The van der Waals surface area contributed by atoms with E-state index in [9.17, 15) is 14.5 Å². The monoisotopic (exact) mass is 345 g/mol. The molecule has 0 aromatic heterocycles. The van der Waals surface area contributed by atoms with E-state index in [0.717, 1.165) is 6.07 Å². The number of hydrogen-bond donors (Lipinski definition) is 0. The Bertz CT molecular complexity index is 651. The number of rotatable bonds is 3. The molecular weight excluding hydrogens is 340 g/mol. The summed E-state index contributed by atoms with van der Waals surface area (Å²) in [4.78, 5) is 10.3. The summed E-state index contributed by atoms with van der Waals surface area (Å²) in [6.45, 7) is 0. The highest BCUT2D eigenvalue weighted by atomic mass is 79.9. The van der Waals surface area contributed by atoms with Gasteiger partial charge in [-0.25, -0.2) is 4.39 Å². The number of halogens is 3.